The third kappa shape index (κ3) is 4.03. The minimum atomic E-state index is 0. The van der Waals surface area contributed by atoms with Crippen molar-refractivity contribution >= 4 is 53.1 Å². The number of nitrogens with zero attached hydrogens (tertiary/aromatic N) is 1. The number of nitrogen functional groups attached to an aromatic ring is 1. The molecule has 0 aliphatic carbocycles. The number of benzene rings is 2. The van der Waals surface area contributed by atoms with Crippen molar-refractivity contribution in [3.63, 3.8) is 0 Å². The molecule has 2 aromatic carbocycles. The maximum Gasteiger partial charge on any atom is 0.131 e. The molecule has 0 spiro atoms. The van der Waals surface area contributed by atoms with Crippen molar-refractivity contribution in [1.82, 2.24) is 4.98 Å². The summed E-state index contributed by atoms with van der Waals surface area (Å²) >= 11 is 0. The Hall–Kier alpha value is -2.50. The van der Waals surface area contributed by atoms with Gasteiger partial charge < -0.3 is 16.5 Å². The molecule has 3 rings (SSSR count). The average molecular weight is 350 g/mol. The summed E-state index contributed by atoms with van der Waals surface area (Å²) in [5.74, 6) is 0.484. The van der Waals surface area contributed by atoms with E-state index in [0.29, 0.717) is 11.4 Å². The first-order valence-corrected chi connectivity index (χ1v) is 6.49. The lowest BCUT2D eigenvalue weighted by molar-refractivity contribution is 1.41. The highest BCUT2D eigenvalue weighted by molar-refractivity contribution is 6.02. The van der Waals surface area contributed by atoms with Gasteiger partial charge in [0, 0.05) is 22.8 Å². The highest BCUT2D eigenvalue weighted by atomic mass is 35.5. The van der Waals surface area contributed by atoms with Gasteiger partial charge in [-0.25, -0.2) is 4.99 Å². The number of hydrogen-bond acceptors (Lipinski definition) is 2. The van der Waals surface area contributed by atoms with Crippen molar-refractivity contribution in [1.29, 1.82) is 5.41 Å². The topological polar surface area (TPSA) is 104 Å². The van der Waals surface area contributed by atoms with Gasteiger partial charge >= 0.3 is 0 Å². The predicted molar refractivity (Wildman–Crippen MR) is 101 cm³/mol. The Morgan fingerprint density at radius 2 is 1.57 bits per heavy atom. The summed E-state index contributed by atoms with van der Waals surface area (Å²) in [6.07, 6.45) is 1.89. The Morgan fingerprint density at radius 3 is 2.22 bits per heavy atom. The third-order valence-electron chi connectivity index (χ3n) is 3.28. The monoisotopic (exact) mass is 349 g/mol. The highest BCUT2D eigenvalue weighted by Crippen LogP contribution is 2.17. The number of nitrogens with one attached hydrogen (secondary N) is 2. The molecule has 0 unspecified atom stereocenters. The summed E-state index contributed by atoms with van der Waals surface area (Å²) in [4.78, 5) is 7.54. The Morgan fingerprint density at radius 1 is 0.913 bits per heavy atom. The first kappa shape index (κ1) is 18.5. The summed E-state index contributed by atoms with van der Waals surface area (Å²) in [5, 5.41) is 8.49. The molecule has 6 N–H and O–H groups in total. The maximum absolute atomic E-state index is 7.36. The molecule has 1 aromatic heterocycles. The van der Waals surface area contributed by atoms with E-state index in [0.717, 1.165) is 22.2 Å². The standard InChI is InChI=1S/C16H15N5.2ClH/c17-15(18)11-3-5-13(6-4-11)21-16(19)12-2-1-10-7-8-20-14(10)9-12;;/h1-9,20H,(H3,17,18)(H2,19,21);2*1H. The van der Waals surface area contributed by atoms with E-state index < -0.39 is 0 Å². The molecule has 3 aromatic rings. The molecule has 1 heterocycles. The number of halogens is 2. The van der Waals surface area contributed by atoms with Crippen LogP contribution in [0, 0.1) is 5.41 Å². The van der Waals surface area contributed by atoms with Crippen molar-refractivity contribution in [2.45, 2.75) is 0 Å². The lowest BCUT2D eigenvalue weighted by Gasteiger charge is -2.03. The van der Waals surface area contributed by atoms with Gasteiger partial charge in [-0.2, -0.15) is 0 Å². The third-order valence-corrected chi connectivity index (χ3v) is 3.28. The second kappa shape index (κ2) is 7.67. The zero-order chi connectivity index (χ0) is 14.8. The number of hydrogen-bond donors (Lipinski definition) is 4. The van der Waals surface area contributed by atoms with Crippen LogP contribution >= 0.6 is 24.8 Å². The van der Waals surface area contributed by atoms with Gasteiger partial charge in [0.25, 0.3) is 0 Å². The Balaban J connectivity index is 0.00000132. The molecule has 0 radical (unpaired) electrons. The van der Waals surface area contributed by atoms with Gasteiger partial charge in [0.2, 0.25) is 0 Å². The summed E-state index contributed by atoms with van der Waals surface area (Å²) in [5.41, 5.74) is 14.8. The molecule has 0 atom stereocenters. The zero-order valence-electron chi connectivity index (χ0n) is 12.1. The normalized spacial score (nSPS) is 10.7. The molecule has 0 fully saturated rings. The van der Waals surface area contributed by atoms with Gasteiger partial charge in [0.05, 0.1) is 5.69 Å². The molecule has 0 saturated heterocycles. The van der Waals surface area contributed by atoms with Crippen molar-refractivity contribution in [2.75, 3.05) is 0 Å². The number of aromatic nitrogens is 1. The van der Waals surface area contributed by atoms with Gasteiger partial charge in [-0.1, -0.05) is 12.1 Å². The number of fused-ring (bicyclic) bond motifs is 1. The molecule has 120 valence electrons. The number of amidine groups is 2. The van der Waals surface area contributed by atoms with E-state index in [4.69, 9.17) is 16.9 Å². The van der Waals surface area contributed by atoms with Crippen LogP contribution in [-0.4, -0.2) is 16.7 Å². The van der Waals surface area contributed by atoms with Gasteiger partial charge in [-0.15, -0.1) is 24.8 Å². The van der Waals surface area contributed by atoms with Crippen molar-refractivity contribution in [2.24, 2.45) is 16.5 Å². The second-order valence-corrected chi connectivity index (χ2v) is 4.74. The maximum atomic E-state index is 7.36. The molecule has 0 amide bonds. The van der Waals surface area contributed by atoms with Crippen molar-refractivity contribution < 1.29 is 0 Å². The van der Waals surface area contributed by atoms with Crippen LogP contribution in [0.1, 0.15) is 11.1 Å². The Bertz CT molecular complexity index is 837. The fourth-order valence-electron chi connectivity index (χ4n) is 2.13. The summed E-state index contributed by atoms with van der Waals surface area (Å²) in [6.45, 7) is 0. The van der Waals surface area contributed by atoms with Gasteiger partial charge in [-0.05, 0) is 41.8 Å². The smallest absolute Gasteiger partial charge is 0.131 e. The Labute approximate surface area is 146 Å². The second-order valence-electron chi connectivity index (χ2n) is 4.74. The van der Waals surface area contributed by atoms with Crippen LogP contribution < -0.4 is 11.5 Å². The number of nitrogens with two attached hydrogens (primary N) is 2. The van der Waals surface area contributed by atoms with Crippen molar-refractivity contribution in [3.8, 4) is 0 Å². The van der Waals surface area contributed by atoms with E-state index >= 15 is 0 Å². The average Bonchev–Trinajstić information content (AvgIpc) is 2.95. The van der Waals surface area contributed by atoms with Gasteiger partial charge in [-0.3, -0.25) is 5.41 Å². The van der Waals surface area contributed by atoms with Crippen LogP contribution in [0.3, 0.4) is 0 Å². The molecular weight excluding hydrogens is 333 g/mol. The molecule has 0 aliphatic rings. The minimum Gasteiger partial charge on any atom is -0.384 e. The molecule has 0 bridgehead atoms. The van der Waals surface area contributed by atoms with E-state index in [1.165, 1.54) is 0 Å². The fraction of sp³-hybridized carbons (Fsp3) is 0. The van der Waals surface area contributed by atoms with Crippen LogP contribution in [0.2, 0.25) is 0 Å². The van der Waals surface area contributed by atoms with Crippen LogP contribution in [-0.2, 0) is 0 Å². The van der Waals surface area contributed by atoms with Crippen molar-refractivity contribution in [3.05, 3.63) is 65.9 Å². The van der Waals surface area contributed by atoms with E-state index in [9.17, 15) is 0 Å². The summed E-state index contributed by atoms with van der Waals surface area (Å²) < 4.78 is 0. The Kier molecular flexibility index (Phi) is 6.18. The number of aromatic amines is 1. The predicted octanol–water partition coefficient (Wildman–Crippen LogP) is 3.33. The zero-order valence-corrected chi connectivity index (χ0v) is 13.7. The van der Waals surface area contributed by atoms with E-state index in [2.05, 4.69) is 9.98 Å². The van der Waals surface area contributed by atoms with Gasteiger partial charge in [0.1, 0.15) is 11.7 Å². The molecule has 7 heteroatoms. The molecule has 5 nitrogen and oxygen atoms in total. The lowest BCUT2D eigenvalue weighted by atomic mass is 10.1. The van der Waals surface area contributed by atoms with E-state index in [-0.39, 0.29) is 30.6 Å². The van der Waals surface area contributed by atoms with Gasteiger partial charge in [0.15, 0.2) is 0 Å². The number of aliphatic imine (C=N–C) groups is 1. The molecule has 23 heavy (non-hydrogen) atoms. The summed E-state index contributed by atoms with van der Waals surface area (Å²) in [6, 6.07) is 15.0. The van der Waals surface area contributed by atoms with Crippen LogP contribution in [0.25, 0.3) is 10.9 Å². The molecule has 0 saturated carbocycles. The fourth-order valence-corrected chi connectivity index (χ4v) is 2.13. The number of rotatable bonds is 3. The highest BCUT2D eigenvalue weighted by Gasteiger charge is 2.02. The quantitative estimate of drug-likeness (QED) is 0.430. The lowest BCUT2D eigenvalue weighted by Crippen LogP contribution is -2.12. The van der Waals surface area contributed by atoms with Crippen LogP contribution in [0.15, 0.2) is 59.7 Å². The van der Waals surface area contributed by atoms with E-state index in [1.54, 1.807) is 24.3 Å². The SMILES string of the molecule is Cl.Cl.N=C(N)c1ccc(N=C(N)c2ccc3cc[nH]c3c2)cc1. The molecular formula is C16H17Cl2N5. The molecule has 0 aliphatic heterocycles. The first-order chi connectivity index (χ1) is 10.1. The summed E-state index contributed by atoms with van der Waals surface area (Å²) in [7, 11) is 0. The number of H-pyrrole nitrogens is 1. The first-order valence-electron chi connectivity index (χ1n) is 6.49. The largest absolute Gasteiger partial charge is 0.384 e. The van der Waals surface area contributed by atoms with E-state index in [1.807, 2.05) is 30.5 Å². The minimum absolute atomic E-state index is 0. The van der Waals surface area contributed by atoms with Crippen LogP contribution in [0.5, 0.6) is 0 Å². The van der Waals surface area contributed by atoms with Crippen LogP contribution in [0.4, 0.5) is 5.69 Å².